The Hall–Kier alpha value is -1.89. The summed E-state index contributed by atoms with van der Waals surface area (Å²) in [6.07, 6.45) is 3.17. The zero-order chi connectivity index (χ0) is 23.1. The highest BCUT2D eigenvalue weighted by atomic mass is 19.4. The molecule has 1 saturated carbocycles. The molecule has 1 N–H and O–H groups in total. The molecular formula is C25H37F3N4. The first-order valence-electron chi connectivity index (χ1n) is 11.9. The van der Waals surface area contributed by atoms with Gasteiger partial charge < -0.3 is 10.2 Å². The fraction of sp³-hybridized carbons (Fsp3) is 0.680. The third-order valence-corrected chi connectivity index (χ3v) is 6.54. The van der Waals surface area contributed by atoms with Gasteiger partial charge in [-0.05, 0) is 62.2 Å². The van der Waals surface area contributed by atoms with Crippen molar-refractivity contribution in [1.29, 1.82) is 0 Å². The summed E-state index contributed by atoms with van der Waals surface area (Å²) in [6.45, 7) is 2.95. The van der Waals surface area contributed by atoms with E-state index in [0.29, 0.717) is 12.5 Å². The van der Waals surface area contributed by atoms with E-state index in [2.05, 4.69) is 11.4 Å². The summed E-state index contributed by atoms with van der Waals surface area (Å²) in [6, 6.07) is 8.15. The SMILES string of the molecule is CC(CNCC1CCC(CCCc2nc(N(C)C)c3ccccc3n2)CC1)CC(F)(F)F. The molecule has 1 aromatic heterocycles. The van der Waals surface area contributed by atoms with Gasteiger partial charge in [0.25, 0.3) is 0 Å². The van der Waals surface area contributed by atoms with E-state index in [1.165, 1.54) is 32.1 Å². The number of nitrogens with zero attached hydrogens (tertiary/aromatic N) is 3. The first kappa shape index (κ1) is 24.7. The summed E-state index contributed by atoms with van der Waals surface area (Å²) in [5.74, 6) is 2.86. The molecule has 7 heteroatoms. The third-order valence-electron chi connectivity index (χ3n) is 6.54. The Morgan fingerprint density at radius 1 is 1.06 bits per heavy atom. The number of halogens is 3. The van der Waals surface area contributed by atoms with Crippen molar-refractivity contribution in [2.75, 3.05) is 32.1 Å². The van der Waals surface area contributed by atoms with Crippen molar-refractivity contribution in [3.05, 3.63) is 30.1 Å². The lowest BCUT2D eigenvalue weighted by molar-refractivity contribution is -0.142. The molecule has 1 aliphatic carbocycles. The highest BCUT2D eigenvalue weighted by Gasteiger charge is 2.30. The van der Waals surface area contributed by atoms with Crippen LogP contribution in [0.3, 0.4) is 0 Å². The van der Waals surface area contributed by atoms with Crippen LogP contribution in [0.4, 0.5) is 19.0 Å². The van der Waals surface area contributed by atoms with Crippen molar-refractivity contribution < 1.29 is 13.2 Å². The van der Waals surface area contributed by atoms with Gasteiger partial charge in [-0.15, -0.1) is 0 Å². The molecule has 1 aliphatic rings. The van der Waals surface area contributed by atoms with Crippen LogP contribution in [0.5, 0.6) is 0 Å². The van der Waals surface area contributed by atoms with Gasteiger partial charge in [-0.25, -0.2) is 9.97 Å². The summed E-state index contributed by atoms with van der Waals surface area (Å²) < 4.78 is 37.3. The maximum atomic E-state index is 12.4. The lowest BCUT2D eigenvalue weighted by atomic mass is 9.79. The first-order chi connectivity index (χ1) is 15.2. The maximum Gasteiger partial charge on any atom is 0.389 e. The highest BCUT2D eigenvalue weighted by molar-refractivity contribution is 5.89. The number of aromatic nitrogens is 2. The average Bonchev–Trinajstić information content (AvgIpc) is 2.73. The van der Waals surface area contributed by atoms with Crippen LogP contribution in [0.2, 0.25) is 0 Å². The molecule has 3 rings (SSSR count). The number of rotatable bonds is 10. The van der Waals surface area contributed by atoms with Crippen molar-refractivity contribution in [3.63, 3.8) is 0 Å². The van der Waals surface area contributed by atoms with Gasteiger partial charge in [-0.3, -0.25) is 0 Å². The van der Waals surface area contributed by atoms with E-state index in [4.69, 9.17) is 9.97 Å². The van der Waals surface area contributed by atoms with Gasteiger partial charge in [0.15, 0.2) is 0 Å². The lowest BCUT2D eigenvalue weighted by Crippen LogP contribution is -2.31. The molecule has 4 nitrogen and oxygen atoms in total. The number of nitrogens with one attached hydrogen (secondary N) is 1. The van der Waals surface area contributed by atoms with Gasteiger partial charge in [-0.2, -0.15) is 13.2 Å². The summed E-state index contributed by atoms with van der Waals surface area (Å²) in [5.41, 5.74) is 0.999. The van der Waals surface area contributed by atoms with E-state index < -0.39 is 12.6 Å². The molecule has 1 heterocycles. The van der Waals surface area contributed by atoms with Crippen LogP contribution < -0.4 is 10.2 Å². The molecular weight excluding hydrogens is 413 g/mol. The highest BCUT2D eigenvalue weighted by Crippen LogP contribution is 2.32. The Labute approximate surface area is 190 Å². The number of hydrogen-bond donors (Lipinski definition) is 1. The Kier molecular flexibility index (Phi) is 8.74. The van der Waals surface area contributed by atoms with E-state index in [1.54, 1.807) is 6.92 Å². The molecule has 1 atom stereocenters. The summed E-state index contributed by atoms with van der Waals surface area (Å²) in [7, 11) is 4.03. The van der Waals surface area contributed by atoms with Crippen molar-refractivity contribution in [1.82, 2.24) is 15.3 Å². The molecule has 32 heavy (non-hydrogen) atoms. The topological polar surface area (TPSA) is 41.1 Å². The molecule has 0 radical (unpaired) electrons. The van der Waals surface area contributed by atoms with Gasteiger partial charge >= 0.3 is 6.18 Å². The van der Waals surface area contributed by atoms with Crippen LogP contribution in [-0.4, -0.2) is 43.3 Å². The summed E-state index contributed by atoms with van der Waals surface area (Å²) >= 11 is 0. The van der Waals surface area contributed by atoms with Crippen molar-refractivity contribution in [2.45, 2.75) is 64.5 Å². The predicted octanol–water partition coefficient (Wildman–Crippen LogP) is 6.00. The lowest BCUT2D eigenvalue weighted by Gasteiger charge is -2.29. The minimum atomic E-state index is -4.06. The maximum absolute atomic E-state index is 12.4. The second-order valence-corrected chi connectivity index (χ2v) is 9.74. The molecule has 0 spiro atoms. The van der Waals surface area contributed by atoms with Crippen molar-refractivity contribution in [3.8, 4) is 0 Å². The smallest absolute Gasteiger partial charge is 0.362 e. The standard InChI is InChI=1S/C25H37F3N4/c1-18(15-25(26,27)28)16-29-17-20-13-11-19(12-14-20)7-6-10-23-30-22-9-5-4-8-21(22)24(31-23)32(2)3/h4-5,8-9,18-20,29H,6-7,10-17H2,1-3H3. The van der Waals surface area contributed by atoms with Gasteiger partial charge in [0.05, 0.1) is 5.52 Å². The predicted molar refractivity (Wildman–Crippen MR) is 125 cm³/mol. The van der Waals surface area contributed by atoms with E-state index >= 15 is 0 Å². The molecule has 0 amide bonds. The molecule has 0 saturated heterocycles. The quantitative estimate of drug-likeness (QED) is 0.482. The van der Waals surface area contributed by atoms with Crippen LogP contribution in [0.15, 0.2) is 24.3 Å². The van der Waals surface area contributed by atoms with Gasteiger partial charge in [0, 0.05) is 32.3 Å². The molecule has 0 bridgehead atoms. The number of anilines is 1. The number of alkyl halides is 3. The van der Waals surface area contributed by atoms with Crippen LogP contribution in [-0.2, 0) is 6.42 Å². The van der Waals surface area contributed by atoms with E-state index in [1.807, 2.05) is 37.2 Å². The second-order valence-electron chi connectivity index (χ2n) is 9.74. The monoisotopic (exact) mass is 450 g/mol. The fourth-order valence-corrected chi connectivity index (χ4v) is 4.83. The largest absolute Gasteiger partial charge is 0.389 e. The van der Waals surface area contributed by atoms with Crippen LogP contribution >= 0.6 is 0 Å². The zero-order valence-electron chi connectivity index (χ0n) is 19.6. The Balaban J connectivity index is 1.38. The van der Waals surface area contributed by atoms with Crippen molar-refractivity contribution in [2.24, 2.45) is 17.8 Å². The van der Waals surface area contributed by atoms with Crippen molar-refractivity contribution >= 4 is 16.7 Å². The Morgan fingerprint density at radius 2 is 1.75 bits per heavy atom. The first-order valence-corrected chi connectivity index (χ1v) is 11.9. The Bertz CT molecular complexity index is 845. The van der Waals surface area contributed by atoms with E-state index in [-0.39, 0.29) is 5.92 Å². The van der Waals surface area contributed by atoms with Gasteiger partial charge in [0.2, 0.25) is 0 Å². The Morgan fingerprint density at radius 3 is 2.44 bits per heavy atom. The molecule has 178 valence electrons. The van der Waals surface area contributed by atoms with Crippen LogP contribution in [0.1, 0.15) is 57.7 Å². The number of hydrogen-bond acceptors (Lipinski definition) is 4. The van der Waals surface area contributed by atoms with E-state index in [9.17, 15) is 13.2 Å². The van der Waals surface area contributed by atoms with Crippen LogP contribution in [0, 0.1) is 17.8 Å². The van der Waals surface area contributed by atoms with Gasteiger partial charge in [0.1, 0.15) is 11.6 Å². The molecule has 1 aromatic carbocycles. The van der Waals surface area contributed by atoms with E-state index in [0.717, 1.165) is 47.8 Å². The summed E-state index contributed by atoms with van der Waals surface area (Å²) in [5, 5.41) is 4.35. The number of para-hydroxylation sites is 1. The number of aryl methyl sites for hydroxylation is 1. The second kappa shape index (κ2) is 11.3. The molecule has 1 fully saturated rings. The molecule has 0 aliphatic heterocycles. The molecule has 2 aromatic rings. The number of fused-ring (bicyclic) bond motifs is 1. The zero-order valence-corrected chi connectivity index (χ0v) is 19.6. The minimum Gasteiger partial charge on any atom is -0.362 e. The third kappa shape index (κ3) is 7.61. The van der Waals surface area contributed by atoms with Crippen LogP contribution in [0.25, 0.3) is 10.9 Å². The number of benzene rings is 1. The summed E-state index contributed by atoms with van der Waals surface area (Å²) in [4.78, 5) is 11.6. The normalized spacial score (nSPS) is 20.4. The molecule has 1 unspecified atom stereocenters. The minimum absolute atomic E-state index is 0.364. The average molecular weight is 451 g/mol. The van der Waals surface area contributed by atoms with Gasteiger partial charge in [-0.1, -0.05) is 38.3 Å². The fourth-order valence-electron chi connectivity index (χ4n) is 4.83.